The molecule has 10 rings (SSSR count). The Hall–Kier alpha value is -5.84. The number of allylic oxidation sites excluding steroid dienone is 3. The molecule has 1 fully saturated rings. The van der Waals surface area contributed by atoms with Crippen molar-refractivity contribution in [1.29, 1.82) is 0 Å². The van der Waals surface area contributed by atoms with E-state index in [2.05, 4.69) is 214 Å². The maximum absolute atomic E-state index is 6.80. The van der Waals surface area contributed by atoms with Crippen molar-refractivity contribution in [2.45, 2.75) is 85.5 Å². The van der Waals surface area contributed by atoms with Gasteiger partial charge in [0, 0.05) is 68.5 Å². The van der Waals surface area contributed by atoms with Gasteiger partial charge in [0.25, 0.3) is 0 Å². The summed E-state index contributed by atoms with van der Waals surface area (Å²) in [6, 6.07) is 53.8. The van der Waals surface area contributed by atoms with Crippen LogP contribution in [0.2, 0.25) is 0 Å². The van der Waals surface area contributed by atoms with Gasteiger partial charge in [-0.2, -0.15) is 16.7 Å². The Bertz CT molecular complexity index is 3210. The molecule has 4 heterocycles. The van der Waals surface area contributed by atoms with Gasteiger partial charge in [0.05, 0.1) is 5.69 Å². The van der Waals surface area contributed by atoms with E-state index in [0.29, 0.717) is 20.7 Å². The first-order valence-corrected chi connectivity index (χ1v) is 22.5. The normalized spacial score (nSPS) is 18.1. The number of nitrogens with zero attached hydrogens (tertiary/aromatic N) is 4. The third-order valence-corrected chi connectivity index (χ3v) is 13.3. The van der Waals surface area contributed by atoms with Crippen LogP contribution in [0.3, 0.4) is 0 Å². The number of hydrogen-bond acceptors (Lipinski definition) is 2. The number of benzene rings is 6. The number of quaternary nitrogens is 2. The zero-order chi connectivity index (χ0) is 45.0. The molecule has 0 radical (unpaired) electrons. The fraction of sp³-hybridized carbons (Fsp3) is 0.220. The molecule has 2 aliphatic rings. The Kier molecular flexibility index (Phi) is 10.7. The Morgan fingerprint density at radius 2 is 1.37 bits per heavy atom. The zero-order valence-electron chi connectivity index (χ0n) is 39.2. The number of fused-ring (bicyclic) bond motifs is 7. The van der Waals surface area contributed by atoms with Crippen molar-refractivity contribution in [2.24, 2.45) is 0 Å². The predicted molar refractivity (Wildman–Crippen MR) is 268 cm³/mol. The summed E-state index contributed by atoms with van der Waals surface area (Å²) in [6.45, 7) is 29.1. The first-order valence-electron chi connectivity index (χ1n) is 22.5. The van der Waals surface area contributed by atoms with Crippen molar-refractivity contribution < 1.29 is 25.8 Å². The number of ether oxygens (including phenoxy) is 1. The van der Waals surface area contributed by atoms with Crippen molar-refractivity contribution in [1.82, 2.24) is 18.7 Å². The molecule has 0 N–H and O–H groups in total. The summed E-state index contributed by atoms with van der Waals surface area (Å²) in [5.74, 6) is 2.09. The molecule has 6 heteroatoms. The van der Waals surface area contributed by atoms with Gasteiger partial charge in [-0.1, -0.05) is 147 Å². The van der Waals surface area contributed by atoms with Crippen molar-refractivity contribution in [3.63, 3.8) is 0 Å². The van der Waals surface area contributed by atoms with Crippen LogP contribution in [-0.2, 0) is 37.3 Å². The largest absolute Gasteiger partial charge is 0.509 e. The van der Waals surface area contributed by atoms with E-state index in [0.717, 1.165) is 44.4 Å². The van der Waals surface area contributed by atoms with Crippen LogP contribution in [0.25, 0.3) is 44.3 Å². The third kappa shape index (κ3) is 7.15. The van der Waals surface area contributed by atoms with E-state index in [1.807, 2.05) is 31.3 Å². The van der Waals surface area contributed by atoms with Gasteiger partial charge in [0.15, 0.2) is 12.4 Å². The zero-order valence-corrected chi connectivity index (χ0v) is 41.4. The molecule has 5 nitrogen and oxygen atoms in total. The first-order chi connectivity index (χ1) is 30.5. The summed E-state index contributed by atoms with van der Waals surface area (Å²) in [4.78, 5) is 4.93. The van der Waals surface area contributed by atoms with Crippen molar-refractivity contribution in [3.8, 4) is 28.4 Å². The Labute approximate surface area is 399 Å². The van der Waals surface area contributed by atoms with Gasteiger partial charge in [-0.15, -0.1) is 29.7 Å². The van der Waals surface area contributed by atoms with E-state index in [1.54, 1.807) is 0 Å². The van der Waals surface area contributed by atoms with E-state index in [9.17, 15) is 0 Å². The summed E-state index contributed by atoms with van der Waals surface area (Å²) < 4.78 is 10.1. The van der Waals surface area contributed by atoms with Crippen LogP contribution in [0.15, 0.2) is 152 Å². The molecule has 2 atom stereocenters. The molecule has 0 aliphatic carbocycles. The molecule has 0 spiro atoms. The monoisotopic (exact) mass is 1030 g/mol. The summed E-state index contributed by atoms with van der Waals surface area (Å²) in [6.07, 6.45) is 5.92. The molecule has 2 aliphatic heterocycles. The molecule has 65 heavy (non-hydrogen) atoms. The summed E-state index contributed by atoms with van der Waals surface area (Å²) >= 11 is 0. The quantitative estimate of drug-likeness (QED) is 0.0656. The van der Waals surface area contributed by atoms with Gasteiger partial charge in [-0.05, 0) is 85.7 Å². The fourth-order valence-corrected chi connectivity index (χ4v) is 9.60. The average Bonchev–Trinajstić information content (AvgIpc) is 3.77. The molecular weight excluding hydrogens is 976 g/mol. The van der Waals surface area contributed by atoms with Crippen molar-refractivity contribution >= 4 is 50.1 Å². The molecule has 2 aromatic heterocycles. The summed E-state index contributed by atoms with van der Waals surface area (Å²) in [5, 5.41) is 2.19. The van der Waals surface area contributed by atoms with Gasteiger partial charge in [0.1, 0.15) is 5.82 Å². The van der Waals surface area contributed by atoms with E-state index in [1.165, 1.54) is 44.9 Å². The van der Waals surface area contributed by atoms with Gasteiger partial charge in [-0.3, -0.25) is 0 Å². The molecular formula is C59H57N4OPt-. The minimum atomic E-state index is -0.0531. The Morgan fingerprint density at radius 1 is 0.646 bits per heavy atom. The SMILES string of the molecule is C=C/C(=C\C)c1ccc2c(c1)c1ccc(Oc3[c-]c([N+]45[CH-][N@+]4(c4cc(-c6ccccc6)cc(C(C)(C)C)c4)c4cc(C(C)(C)C)ccc45)ccc3)[c-]c1n2-c1cc(C(C)(C)C)ccn1.[Pt]. The maximum Gasteiger partial charge on any atom is 0.225 e. The summed E-state index contributed by atoms with van der Waals surface area (Å²) in [5.41, 5.74) is 15.1. The van der Waals surface area contributed by atoms with Crippen molar-refractivity contribution in [3.05, 3.63) is 193 Å². The second kappa shape index (κ2) is 15.7. The van der Waals surface area contributed by atoms with Crippen LogP contribution in [0.1, 0.15) is 91.5 Å². The van der Waals surface area contributed by atoms with Crippen LogP contribution in [0.5, 0.6) is 11.5 Å². The Balaban J connectivity index is 0.00000533. The maximum atomic E-state index is 6.80. The molecule has 1 unspecified atom stereocenters. The molecule has 0 amide bonds. The van der Waals surface area contributed by atoms with Gasteiger partial charge < -0.3 is 9.30 Å². The third-order valence-electron chi connectivity index (χ3n) is 13.3. The van der Waals surface area contributed by atoms with Crippen LogP contribution in [0.4, 0.5) is 22.7 Å². The number of aromatic nitrogens is 2. The molecule has 8 aromatic rings. The standard InChI is InChI=1S/C59H57N4O.Pt/c1-12-39(13-2)41-22-26-52-51(32-41)50-25-24-49(37-53(50)61(52)56-35-44(28-29-60-56)58(6,7)8)64-48-21-17-20-46(36-48)62-38-63(62,55-34-43(57(3,4)5)23-27-54(55)62)47-31-42(40-18-15-14-16-19-40)30-45(33-47)59(9,10)11;/h12-35,38H,1H2,2-11H3;/q-1;/b39-13+;/t62?,63-;/m0./s1. The fourth-order valence-electron chi connectivity index (χ4n) is 9.60. The first kappa shape index (κ1) is 44.4. The molecule has 0 saturated carbocycles. The van der Waals surface area contributed by atoms with Crippen molar-refractivity contribution in [2.75, 3.05) is 0 Å². The minimum absolute atomic E-state index is 0. The second-order valence-corrected chi connectivity index (χ2v) is 20.6. The van der Waals surface area contributed by atoms with Gasteiger partial charge >= 0.3 is 0 Å². The number of pyridine rings is 1. The van der Waals surface area contributed by atoms with Crippen LogP contribution in [0, 0.1) is 18.8 Å². The van der Waals surface area contributed by atoms with Crippen LogP contribution < -0.4 is 13.9 Å². The molecule has 1 saturated heterocycles. The van der Waals surface area contributed by atoms with Crippen LogP contribution in [-0.4, -0.2) is 9.55 Å². The topological polar surface area (TPSA) is 27.1 Å². The van der Waals surface area contributed by atoms with E-state index in [4.69, 9.17) is 9.72 Å². The van der Waals surface area contributed by atoms with E-state index < -0.39 is 0 Å². The van der Waals surface area contributed by atoms with E-state index >= 15 is 0 Å². The predicted octanol–water partition coefficient (Wildman–Crippen LogP) is 16.1. The van der Waals surface area contributed by atoms with Gasteiger partial charge in [0.2, 0.25) is 11.4 Å². The summed E-state index contributed by atoms with van der Waals surface area (Å²) in [7, 11) is 0. The van der Waals surface area contributed by atoms with Gasteiger partial charge in [-0.25, -0.2) is 9.58 Å². The number of hydrogen-bond donors (Lipinski definition) is 0. The minimum Gasteiger partial charge on any atom is -0.509 e. The molecule has 330 valence electrons. The molecule has 6 aromatic carbocycles. The van der Waals surface area contributed by atoms with E-state index in [-0.39, 0.29) is 37.3 Å². The second-order valence-electron chi connectivity index (χ2n) is 20.6. The average molecular weight is 1030 g/mol. The number of rotatable bonds is 8. The Morgan fingerprint density at radius 3 is 2.08 bits per heavy atom. The molecule has 0 bridgehead atoms. The van der Waals surface area contributed by atoms with Crippen LogP contribution >= 0.6 is 0 Å². The smallest absolute Gasteiger partial charge is 0.225 e.